The van der Waals surface area contributed by atoms with E-state index in [-0.39, 0.29) is 11.9 Å². The molecule has 3 heteroatoms. The molecule has 0 bridgehead atoms. The molecule has 0 heterocycles. The third-order valence-corrected chi connectivity index (χ3v) is 3.07. The molecule has 1 aromatic carbocycles. The molecule has 1 N–H and O–H groups in total. The molecule has 74 valence electrons. The highest BCUT2D eigenvalue weighted by atomic mass is 32.2. The van der Waals surface area contributed by atoms with Crippen molar-refractivity contribution >= 4 is 11.8 Å². The Bertz CT molecular complexity index is 332. The van der Waals surface area contributed by atoms with Crippen molar-refractivity contribution in [2.24, 2.45) is 0 Å². The monoisotopic (exact) mass is 207 g/mol. The highest BCUT2D eigenvalue weighted by molar-refractivity contribution is 7.99. The third kappa shape index (κ3) is 3.41. The van der Waals surface area contributed by atoms with E-state index in [4.69, 9.17) is 10.4 Å². The lowest BCUT2D eigenvalue weighted by Gasteiger charge is -2.07. The largest absolute Gasteiger partial charge is 0.395 e. The minimum absolute atomic E-state index is 0.197. The summed E-state index contributed by atoms with van der Waals surface area (Å²) < 4.78 is 0. The average molecular weight is 207 g/mol. The summed E-state index contributed by atoms with van der Waals surface area (Å²) in [6, 6.07) is 9.68. The van der Waals surface area contributed by atoms with E-state index in [0.717, 1.165) is 11.3 Å². The van der Waals surface area contributed by atoms with Crippen LogP contribution in [0.2, 0.25) is 0 Å². The molecular formula is C11H13NOS. The molecule has 0 radical (unpaired) electrons. The van der Waals surface area contributed by atoms with Crippen LogP contribution in [0.25, 0.3) is 0 Å². The number of aliphatic hydroxyl groups excluding tert-OH is 1. The van der Waals surface area contributed by atoms with Gasteiger partial charge in [-0.2, -0.15) is 17.0 Å². The Morgan fingerprint density at radius 3 is 3.00 bits per heavy atom. The molecule has 0 amide bonds. The summed E-state index contributed by atoms with van der Waals surface area (Å²) in [5.41, 5.74) is 1.83. The van der Waals surface area contributed by atoms with Gasteiger partial charge in [0.2, 0.25) is 0 Å². The Morgan fingerprint density at radius 1 is 1.57 bits per heavy atom. The molecule has 0 aliphatic rings. The van der Waals surface area contributed by atoms with Crippen molar-refractivity contribution in [3.8, 4) is 6.07 Å². The van der Waals surface area contributed by atoms with E-state index < -0.39 is 0 Å². The smallest absolute Gasteiger partial charge is 0.0991 e. The number of nitriles is 1. The van der Waals surface area contributed by atoms with Gasteiger partial charge in [0.15, 0.2) is 0 Å². The molecule has 0 saturated heterocycles. The van der Waals surface area contributed by atoms with Crippen LogP contribution in [0.5, 0.6) is 0 Å². The van der Waals surface area contributed by atoms with Crippen molar-refractivity contribution < 1.29 is 5.11 Å². The summed E-state index contributed by atoms with van der Waals surface area (Å²) in [6.07, 6.45) is 0. The molecular weight excluding hydrogens is 194 g/mol. The van der Waals surface area contributed by atoms with Gasteiger partial charge in [0, 0.05) is 11.0 Å². The van der Waals surface area contributed by atoms with Crippen molar-refractivity contribution in [2.45, 2.75) is 17.9 Å². The number of hydrogen-bond donors (Lipinski definition) is 1. The first-order chi connectivity index (χ1) is 6.76. The lowest BCUT2D eigenvalue weighted by atomic mass is 10.2. The predicted octanol–water partition coefficient (Wildman–Crippen LogP) is 2.17. The minimum atomic E-state index is 0.197. The maximum atomic E-state index is 8.84. The van der Waals surface area contributed by atoms with Gasteiger partial charge >= 0.3 is 0 Å². The van der Waals surface area contributed by atoms with Crippen LogP contribution in [0.1, 0.15) is 18.1 Å². The quantitative estimate of drug-likeness (QED) is 0.823. The Balaban J connectivity index is 2.55. The van der Waals surface area contributed by atoms with Crippen LogP contribution in [-0.4, -0.2) is 17.0 Å². The van der Waals surface area contributed by atoms with Crippen LogP contribution < -0.4 is 0 Å². The first kappa shape index (κ1) is 11.1. The normalized spacial score (nSPS) is 12.1. The standard InChI is InChI=1S/C11H13NOS/c1-9(7-13)14-8-11-4-2-3-10(5-11)6-12/h2-5,9,13H,7-8H2,1H3/t9-/m1/s1. The Labute approximate surface area is 88.6 Å². The Hall–Kier alpha value is -0.980. The molecule has 1 atom stereocenters. The number of aliphatic hydroxyl groups is 1. The van der Waals surface area contributed by atoms with Gasteiger partial charge in [-0.25, -0.2) is 0 Å². The topological polar surface area (TPSA) is 44.0 Å². The van der Waals surface area contributed by atoms with Gasteiger partial charge in [-0.1, -0.05) is 19.1 Å². The van der Waals surface area contributed by atoms with E-state index in [1.807, 2.05) is 25.1 Å². The fourth-order valence-electron chi connectivity index (χ4n) is 1.02. The van der Waals surface area contributed by atoms with E-state index in [0.29, 0.717) is 5.56 Å². The summed E-state index contributed by atoms with van der Waals surface area (Å²) >= 11 is 1.69. The van der Waals surface area contributed by atoms with Crippen LogP contribution in [0.3, 0.4) is 0 Å². The zero-order valence-electron chi connectivity index (χ0n) is 8.10. The summed E-state index contributed by atoms with van der Waals surface area (Å²) in [7, 11) is 0. The van der Waals surface area contributed by atoms with Gasteiger partial charge in [0.05, 0.1) is 18.2 Å². The molecule has 2 nitrogen and oxygen atoms in total. The van der Waals surface area contributed by atoms with Gasteiger partial charge < -0.3 is 5.11 Å². The highest BCUT2D eigenvalue weighted by Crippen LogP contribution is 2.17. The van der Waals surface area contributed by atoms with E-state index in [9.17, 15) is 0 Å². The molecule has 14 heavy (non-hydrogen) atoms. The second-order valence-electron chi connectivity index (χ2n) is 3.12. The number of rotatable bonds is 4. The number of hydrogen-bond acceptors (Lipinski definition) is 3. The molecule has 0 unspecified atom stereocenters. The highest BCUT2D eigenvalue weighted by Gasteiger charge is 2.01. The van der Waals surface area contributed by atoms with Crippen LogP contribution in [0.15, 0.2) is 24.3 Å². The van der Waals surface area contributed by atoms with Crippen molar-refractivity contribution in [1.29, 1.82) is 5.26 Å². The van der Waals surface area contributed by atoms with Crippen molar-refractivity contribution in [3.05, 3.63) is 35.4 Å². The minimum Gasteiger partial charge on any atom is -0.395 e. The molecule has 0 aliphatic carbocycles. The van der Waals surface area contributed by atoms with Crippen LogP contribution in [-0.2, 0) is 5.75 Å². The summed E-state index contributed by atoms with van der Waals surface area (Å²) in [6.45, 7) is 2.18. The molecule has 0 aliphatic heterocycles. The molecule has 0 spiro atoms. The maximum Gasteiger partial charge on any atom is 0.0991 e. The first-order valence-electron chi connectivity index (χ1n) is 4.47. The van der Waals surface area contributed by atoms with Crippen LogP contribution >= 0.6 is 11.8 Å². The zero-order chi connectivity index (χ0) is 10.4. The van der Waals surface area contributed by atoms with Crippen molar-refractivity contribution in [3.63, 3.8) is 0 Å². The van der Waals surface area contributed by atoms with Gasteiger partial charge in [0.1, 0.15) is 0 Å². The van der Waals surface area contributed by atoms with Crippen molar-refractivity contribution in [1.82, 2.24) is 0 Å². The molecule has 1 rings (SSSR count). The lowest BCUT2D eigenvalue weighted by molar-refractivity contribution is 0.300. The average Bonchev–Trinajstić information content (AvgIpc) is 2.26. The predicted molar refractivity (Wildman–Crippen MR) is 59.0 cm³/mol. The second-order valence-corrected chi connectivity index (χ2v) is 4.54. The van der Waals surface area contributed by atoms with Gasteiger partial charge in [-0.3, -0.25) is 0 Å². The zero-order valence-corrected chi connectivity index (χ0v) is 8.92. The van der Waals surface area contributed by atoms with Crippen LogP contribution in [0, 0.1) is 11.3 Å². The van der Waals surface area contributed by atoms with Crippen LogP contribution in [0.4, 0.5) is 0 Å². The Kier molecular flexibility index (Phi) is 4.51. The molecule has 1 aromatic rings. The fraction of sp³-hybridized carbons (Fsp3) is 0.364. The number of nitrogens with zero attached hydrogens (tertiary/aromatic N) is 1. The SMILES string of the molecule is C[C@H](CO)SCc1cccc(C#N)c1. The molecule has 0 aromatic heterocycles. The first-order valence-corrected chi connectivity index (χ1v) is 5.52. The number of benzene rings is 1. The van der Waals surface area contributed by atoms with Gasteiger partial charge in [-0.05, 0) is 17.7 Å². The second kappa shape index (κ2) is 5.69. The van der Waals surface area contributed by atoms with E-state index in [1.54, 1.807) is 17.8 Å². The van der Waals surface area contributed by atoms with Gasteiger partial charge in [0.25, 0.3) is 0 Å². The maximum absolute atomic E-state index is 8.84. The van der Waals surface area contributed by atoms with Crippen molar-refractivity contribution in [2.75, 3.05) is 6.61 Å². The summed E-state index contributed by atoms with van der Waals surface area (Å²) in [5, 5.41) is 17.8. The van der Waals surface area contributed by atoms with Gasteiger partial charge in [-0.15, -0.1) is 0 Å². The fourth-order valence-corrected chi connectivity index (χ4v) is 1.78. The Morgan fingerprint density at radius 2 is 2.36 bits per heavy atom. The molecule has 0 fully saturated rings. The third-order valence-electron chi connectivity index (χ3n) is 1.85. The number of thioether (sulfide) groups is 1. The van der Waals surface area contributed by atoms with E-state index in [1.165, 1.54) is 0 Å². The van der Waals surface area contributed by atoms with E-state index in [2.05, 4.69) is 6.07 Å². The lowest BCUT2D eigenvalue weighted by Crippen LogP contribution is -2.02. The summed E-state index contributed by atoms with van der Waals surface area (Å²) in [4.78, 5) is 0. The molecule has 0 saturated carbocycles. The summed E-state index contributed by atoms with van der Waals surface area (Å²) in [5.74, 6) is 0.844. The van der Waals surface area contributed by atoms with E-state index >= 15 is 0 Å².